The van der Waals surface area contributed by atoms with Crippen molar-refractivity contribution in [3.05, 3.63) is 27.3 Å². The van der Waals surface area contributed by atoms with E-state index < -0.39 is 6.61 Å². The van der Waals surface area contributed by atoms with Gasteiger partial charge in [0.2, 0.25) is 0 Å². The monoisotopic (exact) mass is 284 g/mol. The third-order valence-electron chi connectivity index (χ3n) is 1.24. The first kappa shape index (κ1) is 9.70. The lowest BCUT2D eigenvalue weighted by atomic mass is 10.2. The standard InChI is InChI=1S/C8H7F2IO/c1-5-2-6(11)4-7(3-5)12-8(9)10/h2-4,8H,1H3. The third kappa shape index (κ3) is 2.92. The average Bonchev–Trinajstić information content (AvgIpc) is 1.81. The van der Waals surface area contributed by atoms with Crippen molar-refractivity contribution in [1.82, 2.24) is 0 Å². The number of hydrogen-bond acceptors (Lipinski definition) is 1. The zero-order chi connectivity index (χ0) is 9.14. The summed E-state index contributed by atoms with van der Waals surface area (Å²) in [6, 6.07) is 5.03. The predicted octanol–water partition coefficient (Wildman–Crippen LogP) is 3.20. The van der Waals surface area contributed by atoms with E-state index in [1.807, 2.05) is 13.0 Å². The van der Waals surface area contributed by atoms with Gasteiger partial charge >= 0.3 is 6.61 Å². The topological polar surface area (TPSA) is 9.23 Å². The van der Waals surface area contributed by atoms with Crippen LogP contribution >= 0.6 is 22.6 Å². The lowest BCUT2D eigenvalue weighted by Crippen LogP contribution is -2.02. The third-order valence-corrected chi connectivity index (χ3v) is 1.86. The SMILES string of the molecule is Cc1cc(I)cc(OC(F)F)c1. The van der Waals surface area contributed by atoms with Gasteiger partial charge in [-0.2, -0.15) is 8.78 Å². The molecule has 0 N–H and O–H groups in total. The number of benzene rings is 1. The van der Waals surface area contributed by atoms with Crippen molar-refractivity contribution in [3.63, 3.8) is 0 Å². The number of ether oxygens (including phenoxy) is 1. The van der Waals surface area contributed by atoms with Gasteiger partial charge in [-0.1, -0.05) is 0 Å². The molecule has 0 fully saturated rings. The summed E-state index contributed by atoms with van der Waals surface area (Å²) in [4.78, 5) is 0. The van der Waals surface area contributed by atoms with Crippen LogP contribution in [0.25, 0.3) is 0 Å². The highest BCUT2D eigenvalue weighted by Gasteiger charge is 2.04. The van der Waals surface area contributed by atoms with Gasteiger partial charge in [0.05, 0.1) is 0 Å². The summed E-state index contributed by atoms with van der Waals surface area (Å²) in [5, 5.41) is 0. The van der Waals surface area contributed by atoms with Crippen LogP contribution in [-0.4, -0.2) is 6.61 Å². The number of hydrogen-bond donors (Lipinski definition) is 0. The summed E-state index contributed by atoms with van der Waals surface area (Å²) in [6.45, 7) is -0.914. The Morgan fingerprint density at radius 1 is 1.33 bits per heavy atom. The molecule has 0 spiro atoms. The number of halogens is 3. The van der Waals surface area contributed by atoms with E-state index in [9.17, 15) is 8.78 Å². The molecule has 0 amide bonds. The molecule has 4 heteroatoms. The fourth-order valence-corrected chi connectivity index (χ4v) is 1.67. The molecule has 66 valence electrons. The van der Waals surface area contributed by atoms with Crippen molar-refractivity contribution < 1.29 is 13.5 Å². The molecule has 1 nitrogen and oxygen atoms in total. The van der Waals surface area contributed by atoms with E-state index in [1.165, 1.54) is 0 Å². The van der Waals surface area contributed by atoms with Gasteiger partial charge in [-0.05, 0) is 53.3 Å². The molecule has 12 heavy (non-hydrogen) atoms. The van der Waals surface area contributed by atoms with E-state index in [-0.39, 0.29) is 5.75 Å². The maximum absolute atomic E-state index is 11.8. The van der Waals surface area contributed by atoms with Gasteiger partial charge in [0.15, 0.2) is 0 Å². The van der Waals surface area contributed by atoms with Crippen LogP contribution in [0.5, 0.6) is 5.75 Å². The van der Waals surface area contributed by atoms with Crippen LogP contribution in [-0.2, 0) is 0 Å². The summed E-state index contributed by atoms with van der Waals surface area (Å²) in [5.41, 5.74) is 0.914. The van der Waals surface area contributed by atoms with Crippen LogP contribution in [0.1, 0.15) is 5.56 Å². The van der Waals surface area contributed by atoms with Crippen LogP contribution in [0, 0.1) is 10.5 Å². The highest BCUT2D eigenvalue weighted by Crippen LogP contribution is 2.19. The van der Waals surface area contributed by atoms with Crippen LogP contribution < -0.4 is 4.74 Å². The molecular formula is C8H7F2IO. The van der Waals surface area contributed by atoms with Crippen molar-refractivity contribution in [2.75, 3.05) is 0 Å². The quantitative estimate of drug-likeness (QED) is 0.758. The minimum absolute atomic E-state index is 0.217. The summed E-state index contributed by atoms with van der Waals surface area (Å²) in [7, 11) is 0. The average molecular weight is 284 g/mol. The minimum Gasteiger partial charge on any atom is -0.435 e. The van der Waals surface area contributed by atoms with Crippen molar-refractivity contribution in [3.8, 4) is 5.75 Å². The second kappa shape index (κ2) is 4.02. The fraction of sp³-hybridized carbons (Fsp3) is 0.250. The van der Waals surface area contributed by atoms with Gasteiger partial charge < -0.3 is 4.74 Å². The minimum atomic E-state index is -2.75. The first-order valence-corrected chi connectivity index (χ1v) is 4.38. The molecule has 0 aliphatic carbocycles. The Bertz CT molecular complexity index is 256. The number of rotatable bonds is 2. The van der Waals surface area contributed by atoms with Crippen molar-refractivity contribution in [2.45, 2.75) is 13.5 Å². The molecule has 0 aliphatic rings. The summed E-state index contributed by atoms with van der Waals surface area (Å²) in [5.74, 6) is 0.217. The summed E-state index contributed by atoms with van der Waals surface area (Å²) >= 11 is 2.05. The van der Waals surface area contributed by atoms with Crippen molar-refractivity contribution in [1.29, 1.82) is 0 Å². The first-order chi connectivity index (χ1) is 5.58. The van der Waals surface area contributed by atoms with E-state index in [2.05, 4.69) is 27.3 Å². The van der Waals surface area contributed by atoms with E-state index in [1.54, 1.807) is 12.1 Å². The molecule has 0 radical (unpaired) electrons. The van der Waals surface area contributed by atoms with Crippen LogP contribution in [0.4, 0.5) is 8.78 Å². The Morgan fingerprint density at radius 3 is 2.50 bits per heavy atom. The summed E-state index contributed by atoms with van der Waals surface area (Å²) < 4.78 is 28.6. The predicted molar refractivity (Wildman–Crippen MR) is 50.5 cm³/mol. The Morgan fingerprint density at radius 2 is 2.00 bits per heavy atom. The molecule has 0 aliphatic heterocycles. The molecule has 0 saturated carbocycles. The molecule has 1 rings (SSSR count). The molecule has 0 bridgehead atoms. The Hall–Kier alpha value is -0.390. The Labute approximate surface area is 82.9 Å². The van der Waals surface area contributed by atoms with Gasteiger partial charge in [0.1, 0.15) is 5.75 Å². The zero-order valence-electron chi connectivity index (χ0n) is 6.35. The van der Waals surface area contributed by atoms with Gasteiger partial charge in [0, 0.05) is 3.57 Å². The maximum atomic E-state index is 11.8. The van der Waals surface area contributed by atoms with Gasteiger partial charge in [-0.15, -0.1) is 0 Å². The molecule has 0 atom stereocenters. The van der Waals surface area contributed by atoms with E-state index in [4.69, 9.17) is 0 Å². The molecular weight excluding hydrogens is 277 g/mol. The fourth-order valence-electron chi connectivity index (χ4n) is 0.874. The van der Waals surface area contributed by atoms with Gasteiger partial charge in [-0.3, -0.25) is 0 Å². The molecule has 0 saturated heterocycles. The summed E-state index contributed by atoms with van der Waals surface area (Å²) in [6.07, 6.45) is 0. The van der Waals surface area contributed by atoms with E-state index >= 15 is 0 Å². The zero-order valence-corrected chi connectivity index (χ0v) is 8.51. The van der Waals surface area contributed by atoms with Crippen LogP contribution in [0.3, 0.4) is 0 Å². The number of alkyl halides is 2. The normalized spacial score (nSPS) is 10.4. The van der Waals surface area contributed by atoms with Crippen molar-refractivity contribution >= 4 is 22.6 Å². The molecule has 0 aromatic heterocycles. The molecule has 0 unspecified atom stereocenters. The highest BCUT2D eigenvalue weighted by atomic mass is 127. The Kier molecular flexibility index (Phi) is 3.25. The van der Waals surface area contributed by atoms with Crippen LogP contribution in [0.15, 0.2) is 18.2 Å². The molecule has 1 aromatic rings. The molecule has 1 aromatic carbocycles. The Balaban J connectivity index is 2.85. The second-order valence-electron chi connectivity index (χ2n) is 2.34. The van der Waals surface area contributed by atoms with E-state index in [0.717, 1.165) is 9.13 Å². The second-order valence-corrected chi connectivity index (χ2v) is 3.59. The lowest BCUT2D eigenvalue weighted by molar-refractivity contribution is -0.0499. The lowest BCUT2D eigenvalue weighted by Gasteiger charge is -2.05. The van der Waals surface area contributed by atoms with Gasteiger partial charge in [-0.25, -0.2) is 0 Å². The largest absolute Gasteiger partial charge is 0.435 e. The van der Waals surface area contributed by atoms with E-state index in [0.29, 0.717) is 0 Å². The first-order valence-electron chi connectivity index (χ1n) is 3.30. The van der Waals surface area contributed by atoms with Crippen molar-refractivity contribution in [2.24, 2.45) is 0 Å². The molecule has 0 heterocycles. The smallest absolute Gasteiger partial charge is 0.387 e. The van der Waals surface area contributed by atoms with Gasteiger partial charge in [0.25, 0.3) is 0 Å². The highest BCUT2D eigenvalue weighted by molar-refractivity contribution is 14.1. The van der Waals surface area contributed by atoms with Crippen LogP contribution in [0.2, 0.25) is 0 Å². The number of aryl methyl sites for hydroxylation is 1. The maximum Gasteiger partial charge on any atom is 0.387 e.